The number of pyridine rings is 1. The van der Waals surface area contributed by atoms with Crippen LogP contribution < -0.4 is 10.6 Å². The van der Waals surface area contributed by atoms with Gasteiger partial charge >= 0.3 is 0 Å². The molecule has 6 nitrogen and oxygen atoms in total. The van der Waals surface area contributed by atoms with Gasteiger partial charge in [0.05, 0.1) is 17.5 Å². The Balaban J connectivity index is 0.00000132. The average Bonchev–Trinajstić information content (AvgIpc) is 2.78. The number of amides is 1. The minimum atomic E-state index is -0.0499. The fourth-order valence-electron chi connectivity index (χ4n) is 2.50. The Bertz CT molecular complexity index is 682. The van der Waals surface area contributed by atoms with E-state index in [0.29, 0.717) is 18.0 Å². The first-order valence-electron chi connectivity index (χ1n) is 7.40. The molecule has 2 N–H and O–H groups in total. The third-order valence-corrected chi connectivity index (χ3v) is 3.91. The van der Waals surface area contributed by atoms with Gasteiger partial charge in [0.1, 0.15) is 0 Å². The fourth-order valence-corrected chi connectivity index (χ4v) is 2.50. The van der Waals surface area contributed by atoms with Gasteiger partial charge in [-0.3, -0.25) is 4.79 Å². The number of aromatic nitrogens is 3. The number of nitrogens with one attached hydrogen (secondary N) is 2. The molecule has 8 heteroatoms. The van der Waals surface area contributed by atoms with Crippen molar-refractivity contribution in [2.24, 2.45) is 5.92 Å². The van der Waals surface area contributed by atoms with Gasteiger partial charge in [0, 0.05) is 37.0 Å². The second-order valence-electron chi connectivity index (χ2n) is 5.95. The van der Waals surface area contributed by atoms with Gasteiger partial charge in [-0.15, -0.1) is 24.8 Å². The van der Waals surface area contributed by atoms with Crippen molar-refractivity contribution in [1.29, 1.82) is 0 Å². The number of nitrogens with zero attached hydrogens (tertiary/aromatic N) is 3. The van der Waals surface area contributed by atoms with E-state index in [9.17, 15) is 4.79 Å². The Hall–Kier alpha value is -1.37. The first-order valence-corrected chi connectivity index (χ1v) is 7.40. The van der Waals surface area contributed by atoms with E-state index < -0.39 is 0 Å². The molecule has 3 rings (SSSR count). The Morgan fingerprint density at radius 1 is 1.43 bits per heavy atom. The van der Waals surface area contributed by atoms with Crippen molar-refractivity contribution in [2.45, 2.75) is 26.8 Å². The molecule has 0 aliphatic carbocycles. The highest BCUT2D eigenvalue weighted by atomic mass is 35.5. The average molecular weight is 360 g/mol. The van der Waals surface area contributed by atoms with Gasteiger partial charge in [-0.1, -0.05) is 0 Å². The van der Waals surface area contributed by atoms with Crippen LogP contribution in [0.15, 0.2) is 12.3 Å². The molecule has 0 radical (unpaired) electrons. The minimum absolute atomic E-state index is 0. The molecule has 0 unspecified atom stereocenters. The van der Waals surface area contributed by atoms with Crippen LogP contribution in [0.1, 0.15) is 35.9 Å². The van der Waals surface area contributed by atoms with E-state index in [0.717, 1.165) is 29.8 Å². The zero-order valence-electron chi connectivity index (χ0n) is 13.5. The van der Waals surface area contributed by atoms with Crippen molar-refractivity contribution < 1.29 is 4.79 Å². The van der Waals surface area contributed by atoms with E-state index in [1.165, 1.54) is 0 Å². The van der Waals surface area contributed by atoms with Gasteiger partial charge in [0.2, 0.25) is 0 Å². The fraction of sp³-hybridized carbons (Fsp3) is 0.533. The van der Waals surface area contributed by atoms with Gasteiger partial charge in [0.15, 0.2) is 5.65 Å². The zero-order valence-corrected chi connectivity index (χ0v) is 15.1. The van der Waals surface area contributed by atoms with Crippen LogP contribution >= 0.6 is 24.8 Å². The third kappa shape index (κ3) is 3.94. The molecule has 128 valence electrons. The zero-order chi connectivity index (χ0) is 15.0. The molecule has 3 heterocycles. The second-order valence-corrected chi connectivity index (χ2v) is 5.95. The number of fused-ring (bicyclic) bond motifs is 1. The molecular weight excluding hydrogens is 337 g/mol. The lowest BCUT2D eigenvalue weighted by atomic mass is 10.0. The Morgan fingerprint density at radius 2 is 2.13 bits per heavy atom. The van der Waals surface area contributed by atoms with Gasteiger partial charge in [-0.25, -0.2) is 9.67 Å². The maximum absolute atomic E-state index is 12.3. The van der Waals surface area contributed by atoms with E-state index in [1.807, 2.05) is 17.7 Å². The summed E-state index contributed by atoms with van der Waals surface area (Å²) < 4.78 is 1.88. The van der Waals surface area contributed by atoms with Crippen molar-refractivity contribution in [3.8, 4) is 0 Å². The summed E-state index contributed by atoms with van der Waals surface area (Å²) in [5.41, 5.74) is 2.22. The first-order chi connectivity index (χ1) is 10.1. The summed E-state index contributed by atoms with van der Waals surface area (Å²) in [6.07, 6.45) is 1.77. The minimum Gasteiger partial charge on any atom is -0.352 e. The molecule has 1 fully saturated rings. The highest BCUT2D eigenvalue weighted by Gasteiger charge is 2.19. The summed E-state index contributed by atoms with van der Waals surface area (Å²) in [4.78, 5) is 16.9. The molecule has 0 aromatic carbocycles. The summed E-state index contributed by atoms with van der Waals surface area (Å²) >= 11 is 0. The van der Waals surface area contributed by atoms with Crippen molar-refractivity contribution in [2.75, 3.05) is 19.6 Å². The van der Waals surface area contributed by atoms with Crippen molar-refractivity contribution >= 4 is 41.8 Å². The smallest absolute Gasteiger partial charge is 0.253 e. The summed E-state index contributed by atoms with van der Waals surface area (Å²) in [6, 6.07) is 2.14. The maximum Gasteiger partial charge on any atom is 0.253 e. The monoisotopic (exact) mass is 359 g/mol. The van der Waals surface area contributed by atoms with E-state index in [1.54, 1.807) is 6.20 Å². The molecule has 1 aliphatic rings. The molecule has 1 amide bonds. The van der Waals surface area contributed by atoms with Crippen molar-refractivity contribution in [1.82, 2.24) is 25.4 Å². The molecule has 0 bridgehead atoms. The highest BCUT2D eigenvalue weighted by molar-refractivity contribution is 5.98. The van der Waals surface area contributed by atoms with E-state index >= 15 is 0 Å². The predicted octanol–water partition coefficient (Wildman–Crippen LogP) is 2.11. The number of aryl methyl sites for hydroxylation is 1. The SMILES string of the molecule is Cc1nc2c(cnn2C(C)C)cc1C(=O)NCC1CNC1.Cl.Cl. The number of hydrogen-bond donors (Lipinski definition) is 2. The van der Waals surface area contributed by atoms with Gasteiger partial charge in [-0.2, -0.15) is 5.10 Å². The van der Waals surface area contributed by atoms with Crippen LogP contribution in [-0.2, 0) is 0 Å². The Labute approximate surface area is 148 Å². The first kappa shape index (κ1) is 19.7. The predicted molar refractivity (Wildman–Crippen MR) is 95.8 cm³/mol. The highest BCUT2D eigenvalue weighted by Crippen LogP contribution is 2.19. The molecule has 0 atom stereocenters. The van der Waals surface area contributed by atoms with Crippen LogP contribution in [0, 0.1) is 12.8 Å². The quantitative estimate of drug-likeness (QED) is 0.876. The third-order valence-electron chi connectivity index (χ3n) is 3.91. The molecule has 2 aromatic heterocycles. The van der Waals surface area contributed by atoms with E-state index in [2.05, 4.69) is 34.6 Å². The van der Waals surface area contributed by atoms with Gasteiger partial charge in [0.25, 0.3) is 5.91 Å². The summed E-state index contributed by atoms with van der Waals surface area (Å²) in [5.74, 6) is 0.501. The van der Waals surface area contributed by atoms with Crippen LogP contribution in [0.2, 0.25) is 0 Å². The molecule has 0 spiro atoms. The second kappa shape index (κ2) is 7.95. The largest absolute Gasteiger partial charge is 0.352 e. The lowest BCUT2D eigenvalue weighted by Gasteiger charge is -2.27. The number of halogens is 2. The topological polar surface area (TPSA) is 71.8 Å². The maximum atomic E-state index is 12.3. The number of hydrogen-bond acceptors (Lipinski definition) is 4. The van der Waals surface area contributed by atoms with E-state index in [-0.39, 0.29) is 36.8 Å². The van der Waals surface area contributed by atoms with Crippen molar-refractivity contribution in [3.05, 3.63) is 23.5 Å². The van der Waals surface area contributed by atoms with Gasteiger partial charge < -0.3 is 10.6 Å². The van der Waals surface area contributed by atoms with Crippen LogP contribution in [0.4, 0.5) is 0 Å². The molecular formula is C15H23Cl2N5O. The van der Waals surface area contributed by atoms with E-state index in [4.69, 9.17) is 0 Å². The number of carbonyl (C=O) groups excluding carboxylic acids is 1. The normalized spacial score (nSPS) is 14.1. The molecule has 2 aromatic rings. The lowest BCUT2D eigenvalue weighted by Crippen LogP contribution is -2.48. The molecule has 23 heavy (non-hydrogen) atoms. The lowest BCUT2D eigenvalue weighted by molar-refractivity contribution is 0.0941. The van der Waals surface area contributed by atoms with Crippen LogP contribution in [0.25, 0.3) is 11.0 Å². The van der Waals surface area contributed by atoms with Gasteiger partial charge in [-0.05, 0) is 26.8 Å². The Morgan fingerprint density at radius 3 is 2.70 bits per heavy atom. The van der Waals surface area contributed by atoms with Crippen molar-refractivity contribution in [3.63, 3.8) is 0 Å². The summed E-state index contributed by atoms with van der Waals surface area (Å²) in [5, 5.41) is 11.4. The number of carbonyl (C=O) groups is 1. The molecule has 1 aliphatic heterocycles. The summed E-state index contributed by atoms with van der Waals surface area (Å²) in [6.45, 7) is 8.69. The number of rotatable bonds is 4. The van der Waals surface area contributed by atoms with Crippen LogP contribution in [0.5, 0.6) is 0 Å². The Kier molecular flexibility index (Phi) is 6.80. The molecule has 0 saturated carbocycles. The van der Waals surface area contributed by atoms with Crippen LogP contribution in [0.3, 0.4) is 0 Å². The molecule has 1 saturated heterocycles. The standard InChI is InChI=1S/C15H21N5O.2ClH/c1-9(2)20-14-12(8-18-20)4-13(10(3)19-14)15(21)17-7-11-5-16-6-11;;/h4,8-9,11,16H,5-7H2,1-3H3,(H,17,21);2*1H. The summed E-state index contributed by atoms with van der Waals surface area (Å²) in [7, 11) is 0. The van der Waals surface area contributed by atoms with Crippen LogP contribution in [-0.4, -0.2) is 40.3 Å².